The van der Waals surface area contributed by atoms with Gasteiger partial charge in [0.25, 0.3) is 5.91 Å². The van der Waals surface area contributed by atoms with Crippen molar-refractivity contribution < 1.29 is 4.79 Å². The van der Waals surface area contributed by atoms with Crippen LogP contribution >= 0.6 is 23.2 Å². The highest BCUT2D eigenvalue weighted by molar-refractivity contribution is 6.39. The van der Waals surface area contributed by atoms with Crippen LogP contribution in [-0.2, 0) is 0 Å². The fraction of sp³-hybridized carbons (Fsp3) is 0.333. The van der Waals surface area contributed by atoms with Crippen LogP contribution in [0.5, 0.6) is 0 Å². The highest BCUT2D eigenvalue weighted by Crippen LogP contribution is 2.30. The van der Waals surface area contributed by atoms with E-state index in [2.05, 4.69) is 27.0 Å². The van der Waals surface area contributed by atoms with E-state index in [0.29, 0.717) is 21.4 Å². The summed E-state index contributed by atoms with van der Waals surface area (Å²) in [6.45, 7) is 7.28. The number of halogens is 2. The minimum absolute atomic E-state index is 0.326. The zero-order valence-corrected chi connectivity index (χ0v) is 15.5. The van der Waals surface area contributed by atoms with Gasteiger partial charge >= 0.3 is 0 Å². The number of hydrogen-bond donors (Lipinski definition) is 1. The van der Waals surface area contributed by atoms with Crippen molar-refractivity contribution in [3.63, 3.8) is 0 Å². The standard InChI is InChI=1S/C18H20Cl2N4O/c1-2-23-8-10-24(11-9-23)13-6-7-16(21-12-13)18(25)22-17-14(19)4-3-5-15(17)20/h3-7,12H,2,8-11H2,1H3,(H,22,25). The number of amides is 1. The first-order valence-electron chi connectivity index (χ1n) is 8.27. The number of likely N-dealkylation sites (N-methyl/N-ethyl adjacent to an activating group) is 1. The third-order valence-corrected chi connectivity index (χ3v) is 5.00. The number of nitrogens with zero attached hydrogens (tertiary/aromatic N) is 3. The lowest BCUT2D eigenvalue weighted by atomic mass is 10.2. The molecule has 132 valence electrons. The van der Waals surface area contributed by atoms with E-state index >= 15 is 0 Å². The lowest BCUT2D eigenvalue weighted by Gasteiger charge is -2.35. The molecule has 1 N–H and O–H groups in total. The van der Waals surface area contributed by atoms with Crippen molar-refractivity contribution in [3.8, 4) is 0 Å². The molecule has 0 atom stereocenters. The van der Waals surface area contributed by atoms with Crippen molar-refractivity contribution in [1.82, 2.24) is 9.88 Å². The molecule has 5 nitrogen and oxygen atoms in total. The van der Waals surface area contributed by atoms with Crippen LogP contribution in [0.15, 0.2) is 36.5 Å². The van der Waals surface area contributed by atoms with E-state index < -0.39 is 0 Å². The molecule has 0 radical (unpaired) electrons. The monoisotopic (exact) mass is 378 g/mol. The van der Waals surface area contributed by atoms with E-state index in [4.69, 9.17) is 23.2 Å². The highest BCUT2D eigenvalue weighted by Gasteiger charge is 2.17. The Morgan fingerprint density at radius 2 is 1.80 bits per heavy atom. The second-order valence-electron chi connectivity index (χ2n) is 5.87. The molecule has 0 spiro atoms. The SMILES string of the molecule is CCN1CCN(c2ccc(C(=O)Nc3c(Cl)cccc3Cl)nc2)CC1. The molecule has 1 aromatic carbocycles. The number of rotatable bonds is 4. The molecule has 0 saturated carbocycles. The predicted molar refractivity (Wildman–Crippen MR) is 103 cm³/mol. The van der Waals surface area contributed by atoms with Gasteiger partial charge in [-0.1, -0.05) is 36.2 Å². The fourth-order valence-corrected chi connectivity index (χ4v) is 3.32. The Morgan fingerprint density at radius 3 is 2.36 bits per heavy atom. The zero-order valence-electron chi connectivity index (χ0n) is 14.0. The first kappa shape index (κ1) is 18.0. The Labute approximate surface area is 157 Å². The molecule has 7 heteroatoms. The number of nitrogens with one attached hydrogen (secondary N) is 1. The Kier molecular flexibility index (Phi) is 5.78. The van der Waals surface area contributed by atoms with E-state index in [1.54, 1.807) is 30.5 Å². The largest absolute Gasteiger partial charge is 0.368 e. The Balaban J connectivity index is 1.67. The van der Waals surface area contributed by atoms with Crippen LogP contribution in [0.2, 0.25) is 10.0 Å². The summed E-state index contributed by atoms with van der Waals surface area (Å²) in [7, 11) is 0. The molecule has 3 rings (SSSR count). The summed E-state index contributed by atoms with van der Waals surface area (Å²) in [5, 5.41) is 3.51. The van der Waals surface area contributed by atoms with Gasteiger partial charge in [0.2, 0.25) is 0 Å². The minimum Gasteiger partial charge on any atom is -0.368 e. The van der Waals surface area contributed by atoms with E-state index in [-0.39, 0.29) is 5.91 Å². The number of pyridine rings is 1. The Hall–Kier alpha value is -1.82. The smallest absolute Gasteiger partial charge is 0.274 e. The maximum Gasteiger partial charge on any atom is 0.274 e. The van der Waals surface area contributed by atoms with Crippen LogP contribution in [0.25, 0.3) is 0 Å². The summed E-state index contributed by atoms with van der Waals surface area (Å²) in [6.07, 6.45) is 1.74. The first-order chi connectivity index (χ1) is 12.1. The van der Waals surface area contributed by atoms with Crippen molar-refractivity contribution in [1.29, 1.82) is 0 Å². The third-order valence-electron chi connectivity index (χ3n) is 4.37. The van der Waals surface area contributed by atoms with Crippen LogP contribution in [0, 0.1) is 0 Å². The van der Waals surface area contributed by atoms with Crippen molar-refractivity contribution in [2.24, 2.45) is 0 Å². The number of para-hydroxylation sites is 1. The number of carbonyl (C=O) groups is 1. The molecule has 1 aromatic heterocycles. The quantitative estimate of drug-likeness (QED) is 0.879. The van der Waals surface area contributed by atoms with Gasteiger partial charge in [0.1, 0.15) is 5.69 Å². The summed E-state index contributed by atoms with van der Waals surface area (Å²) in [5.41, 5.74) is 1.76. The fourth-order valence-electron chi connectivity index (χ4n) is 2.82. The van der Waals surface area contributed by atoms with Gasteiger partial charge < -0.3 is 15.1 Å². The normalized spacial score (nSPS) is 15.2. The van der Waals surface area contributed by atoms with E-state index in [0.717, 1.165) is 38.4 Å². The Bertz CT molecular complexity index is 723. The van der Waals surface area contributed by atoms with Crippen LogP contribution in [0.1, 0.15) is 17.4 Å². The number of anilines is 2. The predicted octanol–water partition coefficient (Wildman–Crippen LogP) is 3.78. The van der Waals surface area contributed by atoms with Gasteiger partial charge in [-0.25, -0.2) is 4.98 Å². The zero-order chi connectivity index (χ0) is 17.8. The van der Waals surface area contributed by atoms with Crippen LogP contribution < -0.4 is 10.2 Å². The lowest BCUT2D eigenvalue weighted by Crippen LogP contribution is -2.46. The van der Waals surface area contributed by atoms with Gasteiger partial charge in [-0.3, -0.25) is 4.79 Å². The summed E-state index contributed by atoms with van der Waals surface area (Å²) < 4.78 is 0. The van der Waals surface area contributed by atoms with Crippen LogP contribution in [0.3, 0.4) is 0 Å². The molecule has 1 amide bonds. The van der Waals surface area contributed by atoms with Gasteiger partial charge in [-0.2, -0.15) is 0 Å². The molecule has 1 aliphatic heterocycles. The lowest BCUT2D eigenvalue weighted by molar-refractivity contribution is 0.102. The van der Waals surface area contributed by atoms with Crippen molar-refractivity contribution >= 4 is 40.5 Å². The Morgan fingerprint density at radius 1 is 1.12 bits per heavy atom. The summed E-state index contributed by atoms with van der Waals surface area (Å²) in [5.74, 6) is -0.336. The second kappa shape index (κ2) is 8.04. The van der Waals surface area contributed by atoms with Gasteiger partial charge in [-0.15, -0.1) is 0 Å². The van der Waals surface area contributed by atoms with Gasteiger partial charge in [-0.05, 0) is 30.8 Å². The number of carbonyl (C=O) groups excluding carboxylic acids is 1. The van der Waals surface area contributed by atoms with Gasteiger partial charge in [0.05, 0.1) is 27.6 Å². The molecular formula is C18H20Cl2N4O. The molecule has 1 saturated heterocycles. The van der Waals surface area contributed by atoms with Crippen molar-refractivity contribution in [2.45, 2.75) is 6.92 Å². The molecule has 0 unspecified atom stereocenters. The van der Waals surface area contributed by atoms with Crippen LogP contribution in [0.4, 0.5) is 11.4 Å². The van der Waals surface area contributed by atoms with Gasteiger partial charge in [0.15, 0.2) is 0 Å². The molecule has 1 fully saturated rings. The molecular weight excluding hydrogens is 359 g/mol. The van der Waals surface area contributed by atoms with Gasteiger partial charge in [0, 0.05) is 26.2 Å². The van der Waals surface area contributed by atoms with E-state index in [9.17, 15) is 4.79 Å². The summed E-state index contributed by atoms with van der Waals surface area (Å²) >= 11 is 12.2. The molecule has 2 aromatic rings. The number of benzene rings is 1. The highest BCUT2D eigenvalue weighted by atomic mass is 35.5. The molecule has 25 heavy (non-hydrogen) atoms. The third kappa shape index (κ3) is 4.24. The molecule has 1 aliphatic rings. The number of hydrogen-bond acceptors (Lipinski definition) is 4. The average molecular weight is 379 g/mol. The maximum atomic E-state index is 12.4. The minimum atomic E-state index is -0.336. The first-order valence-corrected chi connectivity index (χ1v) is 9.03. The second-order valence-corrected chi connectivity index (χ2v) is 6.69. The van der Waals surface area contributed by atoms with E-state index in [1.807, 2.05) is 6.07 Å². The maximum absolute atomic E-state index is 12.4. The van der Waals surface area contributed by atoms with Crippen LogP contribution in [-0.4, -0.2) is 48.5 Å². The number of piperazine rings is 1. The topological polar surface area (TPSA) is 48.5 Å². The summed E-state index contributed by atoms with van der Waals surface area (Å²) in [6, 6.07) is 8.73. The summed E-state index contributed by atoms with van der Waals surface area (Å²) in [4.78, 5) is 21.4. The molecule has 2 heterocycles. The number of aromatic nitrogens is 1. The molecule has 0 bridgehead atoms. The van der Waals surface area contributed by atoms with Crippen molar-refractivity contribution in [3.05, 3.63) is 52.3 Å². The molecule has 0 aliphatic carbocycles. The van der Waals surface area contributed by atoms with Crippen molar-refractivity contribution in [2.75, 3.05) is 42.9 Å². The van der Waals surface area contributed by atoms with E-state index in [1.165, 1.54) is 0 Å². The average Bonchev–Trinajstić information content (AvgIpc) is 2.65.